The zero-order valence-electron chi connectivity index (χ0n) is 15.4. The monoisotopic (exact) mass is 376 g/mol. The molecule has 0 amide bonds. The Morgan fingerprint density at radius 1 is 1.12 bits per heavy atom. The van der Waals surface area contributed by atoms with E-state index >= 15 is 0 Å². The molecule has 0 radical (unpaired) electrons. The van der Waals surface area contributed by atoms with Crippen LogP contribution < -0.4 is 4.72 Å². The molecule has 5 nitrogen and oxygen atoms in total. The van der Waals surface area contributed by atoms with E-state index in [1.807, 2.05) is 24.3 Å². The Hall–Kier alpha value is -1.47. The Morgan fingerprint density at radius 2 is 1.77 bits per heavy atom. The maximum absolute atomic E-state index is 12.7. The summed E-state index contributed by atoms with van der Waals surface area (Å²) in [5, 5.41) is 11.8. The van der Waals surface area contributed by atoms with E-state index in [4.69, 9.17) is 0 Å². The van der Waals surface area contributed by atoms with E-state index in [1.165, 1.54) is 12.8 Å². The molecule has 0 bridgehead atoms. The number of benzene rings is 2. The number of rotatable bonds is 7. The number of sulfonamides is 1. The summed E-state index contributed by atoms with van der Waals surface area (Å²) in [7, 11) is -3.66. The summed E-state index contributed by atoms with van der Waals surface area (Å²) in [4.78, 5) is 2.65. The molecule has 1 heterocycles. The number of likely N-dealkylation sites (tertiary alicyclic amines) is 1. The van der Waals surface area contributed by atoms with Gasteiger partial charge in [-0.1, -0.05) is 36.4 Å². The van der Waals surface area contributed by atoms with Crippen molar-refractivity contribution in [1.82, 2.24) is 9.62 Å². The largest absolute Gasteiger partial charge is 0.392 e. The van der Waals surface area contributed by atoms with Crippen LogP contribution in [0, 0.1) is 0 Å². The van der Waals surface area contributed by atoms with Crippen LogP contribution in [-0.2, 0) is 10.0 Å². The standard InChI is InChI=1S/C20H28N2O3S/c1-15-10-11-16(2)22(15)13-12-18(23)14-21-26(24,25)20-9-5-7-17-6-3-4-8-19(17)20/h3-9,15-16,18,21,23H,10-14H2,1-2H3/t15?,16?,18-/m1/s1. The van der Waals surface area contributed by atoms with E-state index in [0.717, 1.165) is 11.9 Å². The molecule has 3 atom stereocenters. The van der Waals surface area contributed by atoms with Crippen LogP contribution in [0.25, 0.3) is 10.8 Å². The second kappa shape index (κ2) is 8.05. The van der Waals surface area contributed by atoms with Gasteiger partial charge in [-0.3, -0.25) is 4.90 Å². The molecule has 3 rings (SSSR count). The van der Waals surface area contributed by atoms with Gasteiger partial charge in [0.25, 0.3) is 0 Å². The van der Waals surface area contributed by atoms with Crippen molar-refractivity contribution in [1.29, 1.82) is 0 Å². The Labute approximate surface area is 156 Å². The van der Waals surface area contributed by atoms with Crippen LogP contribution in [0.2, 0.25) is 0 Å². The Kier molecular flexibility index (Phi) is 5.97. The Bertz CT molecular complexity index is 838. The SMILES string of the molecule is CC1CCC(C)N1CC[C@@H](O)CNS(=O)(=O)c1cccc2ccccc12. The molecule has 0 spiro atoms. The molecule has 0 aromatic heterocycles. The number of nitrogens with zero attached hydrogens (tertiary/aromatic N) is 1. The fraction of sp³-hybridized carbons (Fsp3) is 0.500. The zero-order valence-corrected chi connectivity index (χ0v) is 16.2. The Balaban J connectivity index is 1.61. The first kappa shape index (κ1) is 19.3. The van der Waals surface area contributed by atoms with Crippen molar-refractivity contribution < 1.29 is 13.5 Å². The molecule has 1 saturated heterocycles. The van der Waals surface area contributed by atoms with E-state index in [2.05, 4.69) is 23.5 Å². The minimum absolute atomic E-state index is 0.0299. The third-order valence-electron chi connectivity index (χ3n) is 5.40. The molecule has 142 valence electrons. The van der Waals surface area contributed by atoms with E-state index < -0.39 is 16.1 Å². The molecule has 2 N–H and O–H groups in total. The summed E-state index contributed by atoms with van der Waals surface area (Å²) >= 11 is 0. The second-order valence-corrected chi connectivity index (χ2v) is 9.02. The van der Waals surface area contributed by atoms with E-state index in [9.17, 15) is 13.5 Å². The summed E-state index contributed by atoms with van der Waals surface area (Å²) in [5.74, 6) is 0. The smallest absolute Gasteiger partial charge is 0.241 e. The highest BCUT2D eigenvalue weighted by molar-refractivity contribution is 7.89. The van der Waals surface area contributed by atoms with Gasteiger partial charge in [-0.25, -0.2) is 13.1 Å². The molecule has 2 aromatic carbocycles. The normalized spacial score (nSPS) is 22.7. The molecule has 0 aliphatic carbocycles. The van der Waals surface area contributed by atoms with E-state index in [-0.39, 0.29) is 11.4 Å². The summed E-state index contributed by atoms with van der Waals surface area (Å²) in [6.07, 6.45) is 2.24. The van der Waals surface area contributed by atoms with Gasteiger partial charge < -0.3 is 5.11 Å². The molecule has 2 aromatic rings. The number of nitrogens with one attached hydrogen (secondary N) is 1. The zero-order chi connectivity index (χ0) is 18.7. The van der Waals surface area contributed by atoms with Crippen LogP contribution in [0.15, 0.2) is 47.4 Å². The molecule has 6 heteroatoms. The first-order valence-electron chi connectivity index (χ1n) is 9.30. The minimum atomic E-state index is -3.66. The fourth-order valence-corrected chi connectivity index (χ4v) is 5.10. The average Bonchev–Trinajstić information content (AvgIpc) is 2.95. The van der Waals surface area contributed by atoms with Crippen molar-refractivity contribution in [3.05, 3.63) is 42.5 Å². The highest BCUT2D eigenvalue weighted by Gasteiger charge is 2.27. The lowest BCUT2D eigenvalue weighted by Gasteiger charge is -2.27. The lowest BCUT2D eigenvalue weighted by Crippen LogP contribution is -2.38. The maximum Gasteiger partial charge on any atom is 0.241 e. The van der Waals surface area contributed by atoms with Crippen LogP contribution in [0.4, 0.5) is 0 Å². The fourth-order valence-electron chi connectivity index (χ4n) is 3.80. The van der Waals surface area contributed by atoms with Gasteiger partial charge in [-0.05, 0) is 44.6 Å². The third kappa shape index (κ3) is 4.26. The molecular formula is C20H28N2O3S. The molecule has 26 heavy (non-hydrogen) atoms. The van der Waals surface area contributed by atoms with Crippen molar-refractivity contribution >= 4 is 20.8 Å². The number of hydrogen-bond acceptors (Lipinski definition) is 4. The van der Waals surface area contributed by atoms with Crippen LogP contribution in [-0.4, -0.2) is 49.7 Å². The van der Waals surface area contributed by atoms with Crippen molar-refractivity contribution in [3.63, 3.8) is 0 Å². The topological polar surface area (TPSA) is 69.6 Å². The molecule has 2 unspecified atom stereocenters. The van der Waals surface area contributed by atoms with Gasteiger partial charge in [0, 0.05) is 30.6 Å². The van der Waals surface area contributed by atoms with E-state index in [0.29, 0.717) is 23.9 Å². The van der Waals surface area contributed by atoms with Gasteiger partial charge in [0.05, 0.1) is 11.0 Å². The van der Waals surface area contributed by atoms with Gasteiger partial charge in [-0.15, -0.1) is 0 Å². The summed E-state index contributed by atoms with van der Waals surface area (Å²) in [6, 6.07) is 13.7. The quantitative estimate of drug-likeness (QED) is 0.780. The number of aliphatic hydroxyl groups excluding tert-OH is 1. The van der Waals surface area contributed by atoms with Gasteiger partial charge in [0.1, 0.15) is 0 Å². The van der Waals surface area contributed by atoms with Crippen LogP contribution >= 0.6 is 0 Å². The summed E-state index contributed by atoms with van der Waals surface area (Å²) < 4.78 is 27.9. The molecule has 1 aliphatic rings. The highest BCUT2D eigenvalue weighted by atomic mass is 32.2. The van der Waals surface area contributed by atoms with Crippen LogP contribution in [0.1, 0.15) is 33.1 Å². The first-order valence-corrected chi connectivity index (χ1v) is 10.8. The Morgan fingerprint density at radius 3 is 2.50 bits per heavy atom. The lowest BCUT2D eigenvalue weighted by atomic mass is 10.1. The van der Waals surface area contributed by atoms with E-state index in [1.54, 1.807) is 18.2 Å². The number of hydrogen-bond donors (Lipinski definition) is 2. The van der Waals surface area contributed by atoms with Crippen LogP contribution in [0.3, 0.4) is 0 Å². The second-order valence-electron chi connectivity index (χ2n) is 7.28. The molecular weight excluding hydrogens is 348 g/mol. The van der Waals surface area contributed by atoms with Gasteiger partial charge in [0.15, 0.2) is 0 Å². The first-order chi connectivity index (χ1) is 12.4. The third-order valence-corrected chi connectivity index (χ3v) is 6.88. The van der Waals surface area contributed by atoms with Crippen molar-refractivity contribution in [2.75, 3.05) is 13.1 Å². The molecule has 0 saturated carbocycles. The maximum atomic E-state index is 12.7. The van der Waals surface area contributed by atoms with Gasteiger partial charge in [0.2, 0.25) is 10.0 Å². The lowest BCUT2D eigenvalue weighted by molar-refractivity contribution is 0.129. The summed E-state index contributed by atoms with van der Waals surface area (Å²) in [6.45, 7) is 5.24. The predicted octanol–water partition coefficient (Wildman–Crippen LogP) is 2.74. The predicted molar refractivity (Wildman–Crippen MR) is 105 cm³/mol. The molecule has 1 aliphatic heterocycles. The van der Waals surface area contributed by atoms with Crippen molar-refractivity contribution in [2.24, 2.45) is 0 Å². The number of fused-ring (bicyclic) bond motifs is 1. The van der Waals surface area contributed by atoms with Crippen molar-refractivity contribution in [2.45, 2.75) is 56.2 Å². The van der Waals surface area contributed by atoms with Gasteiger partial charge in [-0.2, -0.15) is 0 Å². The highest BCUT2D eigenvalue weighted by Crippen LogP contribution is 2.24. The van der Waals surface area contributed by atoms with Crippen molar-refractivity contribution in [3.8, 4) is 0 Å². The summed E-state index contributed by atoms with van der Waals surface area (Å²) in [5.41, 5.74) is 0. The minimum Gasteiger partial charge on any atom is -0.392 e. The van der Waals surface area contributed by atoms with Gasteiger partial charge >= 0.3 is 0 Å². The molecule has 1 fully saturated rings. The van der Waals surface area contributed by atoms with Crippen LogP contribution in [0.5, 0.6) is 0 Å². The average molecular weight is 377 g/mol. The number of aliphatic hydroxyl groups is 1.